The number of carbonyl (C=O) groups excluding carboxylic acids is 1. The molecular formula is C16H20ClFN2O2. The van der Waals surface area contributed by atoms with Crippen molar-refractivity contribution in [3.8, 4) is 5.75 Å². The third-order valence-electron chi connectivity index (χ3n) is 4.43. The molecule has 0 saturated carbocycles. The molecule has 120 valence electrons. The summed E-state index contributed by atoms with van der Waals surface area (Å²) in [6.45, 7) is 3.84. The zero-order chi connectivity index (χ0) is 15.5. The first-order valence-electron chi connectivity index (χ1n) is 7.73. The van der Waals surface area contributed by atoms with Crippen LogP contribution >= 0.6 is 11.6 Å². The van der Waals surface area contributed by atoms with Crippen LogP contribution < -0.4 is 4.74 Å². The molecule has 1 aromatic carbocycles. The third-order valence-corrected chi connectivity index (χ3v) is 4.72. The molecule has 1 aromatic rings. The van der Waals surface area contributed by atoms with Gasteiger partial charge in [0, 0.05) is 25.2 Å². The second-order valence-corrected chi connectivity index (χ2v) is 6.30. The number of hydrogen-bond donors (Lipinski definition) is 0. The van der Waals surface area contributed by atoms with E-state index in [1.807, 2.05) is 4.90 Å². The van der Waals surface area contributed by atoms with Crippen LogP contribution in [0.15, 0.2) is 18.2 Å². The SMILES string of the molecule is O=C(COc1ccc(F)c(Cl)c1)N1CCC(N2CCCC2)C1. The van der Waals surface area contributed by atoms with Gasteiger partial charge in [-0.05, 0) is 44.5 Å². The summed E-state index contributed by atoms with van der Waals surface area (Å²) in [5, 5.41) is 0.000203. The molecule has 3 rings (SSSR count). The summed E-state index contributed by atoms with van der Waals surface area (Å²) in [6, 6.07) is 4.60. The number of carbonyl (C=O) groups is 1. The summed E-state index contributed by atoms with van der Waals surface area (Å²) in [5.74, 6) is -0.106. The number of nitrogens with zero attached hydrogens (tertiary/aromatic N) is 2. The number of rotatable bonds is 4. The molecule has 2 aliphatic heterocycles. The van der Waals surface area contributed by atoms with Gasteiger partial charge in [0.1, 0.15) is 11.6 Å². The fraction of sp³-hybridized carbons (Fsp3) is 0.562. The van der Waals surface area contributed by atoms with Crippen LogP contribution in [-0.2, 0) is 4.79 Å². The van der Waals surface area contributed by atoms with Crippen LogP contribution in [0.3, 0.4) is 0 Å². The van der Waals surface area contributed by atoms with E-state index in [9.17, 15) is 9.18 Å². The molecule has 2 saturated heterocycles. The molecule has 2 aliphatic rings. The Balaban J connectivity index is 1.49. The Morgan fingerprint density at radius 1 is 1.32 bits per heavy atom. The molecule has 1 amide bonds. The second kappa shape index (κ2) is 6.84. The number of likely N-dealkylation sites (tertiary alicyclic amines) is 2. The van der Waals surface area contributed by atoms with Gasteiger partial charge in [-0.2, -0.15) is 0 Å². The van der Waals surface area contributed by atoms with E-state index in [2.05, 4.69) is 4.90 Å². The average molecular weight is 327 g/mol. The summed E-state index contributed by atoms with van der Waals surface area (Å²) >= 11 is 5.69. The van der Waals surface area contributed by atoms with E-state index < -0.39 is 5.82 Å². The number of benzene rings is 1. The lowest BCUT2D eigenvalue weighted by Crippen LogP contribution is -2.38. The molecule has 1 unspecified atom stereocenters. The standard InChI is InChI=1S/C16H20ClFN2O2/c17-14-9-13(3-4-15(14)18)22-11-16(21)20-8-5-12(10-20)19-6-1-2-7-19/h3-4,9,12H,1-2,5-8,10-11H2. The first-order chi connectivity index (χ1) is 10.6. The highest BCUT2D eigenvalue weighted by Crippen LogP contribution is 2.22. The lowest BCUT2D eigenvalue weighted by atomic mass is 10.2. The predicted octanol–water partition coefficient (Wildman–Crippen LogP) is 2.55. The minimum absolute atomic E-state index is 0.000203. The Bertz CT molecular complexity index is 549. The Kier molecular flexibility index (Phi) is 4.84. The molecule has 6 heteroatoms. The molecule has 1 atom stereocenters. The van der Waals surface area contributed by atoms with Gasteiger partial charge in [0.15, 0.2) is 6.61 Å². The Morgan fingerprint density at radius 3 is 2.82 bits per heavy atom. The first kappa shape index (κ1) is 15.6. The third kappa shape index (κ3) is 3.52. The van der Waals surface area contributed by atoms with Gasteiger partial charge in [0.25, 0.3) is 5.91 Å². The van der Waals surface area contributed by atoms with E-state index >= 15 is 0 Å². The molecule has 0 spiro atoms. The number of halogens is 2. The van der Waals surface area contributed by atoms with Crippen molar-refractivity contribution in [2.75, 3.05) is 32.8 Å². The summed E-state index contributed by atoms with van der Waals surface area (Å²) in [4.78, 5) is 16.5. The van der Waals surface area contributed by atoms with Gasteiger partial charge < -0.3 is 9.64 Å². The molecule has 0 bridgehead atoms. The minimum atomic E-state index is -0.492. The fourth-order valence-corrected chi connectivity index (χ4v) is 3.35. The van der Waals surface area contributed by atoms with Crippen molar-refractivity contribution in [3.05, 3.63) is 29.0 Å². The van der Waals surface area contributed by atoms with Crippen molar-refractivity contribution in [1.82, 2.24) is 9.80 Å². The maximum atomic E-state index is 13.1. The Hall–Kier alpha value is -1.33. The van der Waals surface area contributed by atoms with E-state index in [0.29, 0.717) is 11.8 Å². The van der Waals surface area contributed by atoms with E-state index in [1.165, 1.54) is 31.0 Å². The van der Waals surface area contributed by atoms with Gasteiger partial charge in [0.2, 0.25) is 0 Å². The smallest absolute Gasteiger partial charge is 0.260 e. The summed E-state index contributed by atoms with van der Waals surface area (Å²) < 4.78 is 18.5. The van der Waals surface area contributed by atoms with Crippen molar-refractivity contribution in [1.29, 1.82) is 0 Å². The number of amides is 1. The second-order valence-electron chi connectivity index (χ2n) is 5.89. The van der Waals surface area contributed by atoms with Crippen molar-refractivity contribution < 1.29 is 13.9 Å². The Morgan fingerprint density at radius 2 is 2.09 bits per heavy atom. The van der Waals surface area contributed by atoms with Crippen LogP contribution in [0.25, 0.3) is 0 Å². The van der Waals surface area contributed by atoms with Gasteiger partial charge in [-0.25, -0.2) is 4.39 Å². The average Bonchev–Trinajstić information content (AvgIpc) is 3.18. The van der Waals surface area contributed by atoms with Crippen LogP contribution in [0.4, 0.5) is 4.39 Å². The fourth-order valence-electron chi connectivity index (χ4n) is 3.18. The number of hydrogen-bond acceptors (Lipinski definition) is 3. The van der Waals surface area contributed by atoms with E-state index in [4.69, 9.17) is 16.3 Å². The van der Waals surface area contributed by atoms with Crippen LogP contribution in [0.5, 0.6) is 5.75 Å². The largest absolute Gasteiger partial charge is 0.484 e. The van der Waals surface area contributed by atoms with Crippen molar-refractivity contribution >= 4 is 17.5 Å². The molecular weight excluding hydrogens is 307 g/mol. The normalized spacial score (nSPS) is 22.3. The highest BCUT2D eigenvalue weighted by Gasteiger charge is 2.31. The first-order valence-corrected chi connectivity index (χ1v) is 8.11. The van der Waals surface area contributed by atoms with Gasteiger partial charge in [0.05, 0.1) is 5.02 Å². The lowest BCUT2D eigenvalue weighted by molar-refractivity contribution is -0.132. The van der Waals surface area contributed by atoms with Gasteiger partial charge in [-0.1, -0.05) is 11.6 Å². The zero-order valence-electron chi connectivity index (χ0n) is 12.4. The van der Waals surface area contributed by atoms with Gasteiger partial charge in [-0.3, -0.25) is 9.69 Å². The Labute approximate surface area is 134 Å². The quantitative estimate of drug-likeness (QED) is 0.852. The van der Waals surface area contributed by atoms with Crippen LogP contribution in [0.1, 0.15) is 19.3 Å². The maximum Gasteiger partial charge on any atom is 0.260 e. The van der Waals surface area contributed by atoms with Crippen LogP contribution in [-0.4, -0.2) is 54.5 Å². The zero-order valence-corrected chi connectivity index (χ0v) is 13.2. The van der Waals surface area contributed by atoms with E-state index in [1.54, 1.807) is 0 Å². The summed E-state index contributed by atoms with van der Waals surface area (Å²) in [7, 11) is 0. The lowest BCUT2D eigenvalue weighted by Gasteiger charge is -2.23. The van der Waals surface area contributed by atoms with Crippen molar-refractivity contribution in [2.24, 2.45) is 0 Å². The van der Waals surface area contributed by atoms with Crippen molar-refractivity contribution in [3.63, 3.8) is 0 Å². The van der Waals surface area contributed by atoms with E-state index in [-0.39, 0.29) is 17.5 Å². The highest BCUT2D eigenvalue weighted by molar-refractivity contribution is 6.30. The van der Waals surface area contributed by atoms with Crippen LogP contribution in [0, 0.1) is 5.82 Å². The summed E-state index contributed by atoms with van der Waals surface area (Å²) in [5.41, 5.74) is 0. The van der Waals surface area contributed by atoms with Gasteiger partial charge in [-0.15, -0.1) is 0 Å². The molecule has 0 N–H and O–H groups in total. The topological polar surface area (TPSA) is 32.8 Å². The summed E-state index contributed by atoms with van der Waals surface area (Å²) in [6.07, 6.45) is 3.56. The predicted molar refractivity (Wildman–Crippen MR) is 82.7 cm³/mol. The molecule has 22 heavy (non-hydrogen) atoms. The monoisotopic (exact) mass is 326 g/mol. The molecule has 2 heterocycles. The number of ether oxygens (including phenoxy) is 1. The maximum absolute atomic E-state index is 13.1. The minimum Gasteiger partial charge on any atom is -0.484 e. The molecule has 4 nitrogen and oxygen atoms in total. The molecule has 2 fully saturated rings. The van der Waals surface area contributed by atoms with Gasteiger partial charge >= 0.3 is 0 Å². The molecule has 0 aromatic heterocycles. The highest BCUT2D eigenvalue weighted by atomic mass is 35.5. The van der Waals surface area contributed by atoms with Crippen LogP contribution in [0.2, 0.25) is 5.02 Å². The van der Waals surface area contributed by atoms with Crippen molar-refractivity contribution in [2.45, 2.75) is 25.3 Å². The van der Waals surface area contributed by atoms with E-state index in [0.717, 1.165) is 32.6 Å². The molecule has 0 radical (unpaired) electrons. The molecule has 0 aliphatic carbocycles.